The van der Waals surface area contributed by atoms with Crippen molar-refractivity contribution in [3.8, 4) is 0 Å². The van der Waals surface area contributed by atoms with Crippen molar-refractivity contribution in [3.05, 3.63) is 53.3 Å². The Morgan fingerprint density at radius 2 is 2.00 bits per heavy atom. The van der Waals surface area contributed by atoms with Gasteiger partial charge in [0.2, 0.25) is 5.78 Å². The van der Waals surface area contributed by atoms with Gasteiger partial charge in [0.05, 0.1) is 0 Å². The third-order valence-corrected chi connectivity index (χ3v) is 2.44. The summed E-state index contributed by atoms with van der Waals surface area (Å²) in [6, 6.07) is 9.30. The van der Waals surface area contributed by atoms with E-state index in [-0.39, 0.29) is 5.78 Å². The van der Waals surface area contributed by atoms with Gasteiger partial charge in [-0.05, 0) is 18.6 Å². The molecule has 0 aliphatic rings. The predicted molar refractivity (Wildman–Crippen MR) is 57.8 cm³/mol. The number of aryl methyl sites for hydroxylation is 2. The van der Waals surface area contributed by atoms with Gasteiger partial charge < -0.3 is 0 Å². The summed E-state index contributed by atoms with van der Waals surface area (Å²) in [5.74, 6) is 0.0214. The number of nitrogens with zero attached hydrogens (tertiary/aromatic N) is 2. The molecule has 0 bridgehead atoms. The molecule has 0 saturated heterocycles. The molecular formula is C12H12N2O. The summed E-state index contributed by atoms with van der Waals surface area (Å²) >= 11 is 0. The average Bonchev–Trinajstić information content (AvgIpc) is 2.64. The number of rotatable bonds is 2. The van der Waals surface area contributed by atoms with Crippen LogP contribution in [0.3, 0.4) is 0 Å². The monoisotopic (exact) mass is 200 g/mol. The molecule has 0 aliphatic carbocycles. The van der Waals surface area contributed by atoms with E-state index < -0.39 is 0 Å². The first-order valence-electron chi connectivity index (χ1n) is 4.78. The summed E-state index contributed by atoms with van der Waals surface area (Å²) in [6.45, 7) is 1.93. The number of aromatic nitrogens is 2. The summed E-state index contributed by atoms with van der Waals surface area (Å²) in [7, 11) is 1.77. The van der Waals surface area contributed by atoms with Crippen LogP contribution < -0.4 is 0 Å². The van der Waals surface area contributed by atoms with Crippen molar-refractivity contribution in [2.45, 2.75) is 6.92 Å². The Kier molecular flexibility index (Phi) is 2.37. The molecule has 0 atom stereocenters. The molecule has 2 aromatic rings. The van der Waals surface area contributed by atoms with Crippen LogP contribution in [0.15, 0.2) is 36.5 Å². The molecule has 76 valence electrons. The Balaban J connectivity index is 2.46. The van der Waals surface area contributed by atoms with Crippen LogP contribution in [0.4, 0.5) is 0 Å². The van der Waals surface area contributed by atoms with E-state index in [2.05, 4.69) is 5.10 Å². The highest BCUT2D eigenvalue weighted by molar-refractivity contribution is 6.08. The van der Waals surface area contributed by atoms with Crippen LogP contribution in [-0.4, -0.2) is 15.6 Å². The first-order valence-corrected chi connectivity index (χ1v) is 4.78. The molecule has 0 amide bonds. The first kappa shape index (κ1) is 9.65. The highest BCUT2D eigenvalue weighted by Gasteiger charge is 2.13. The molecule has 0 radical (unpaired) electrons. The number of carbonyl (C=O) groups excluding carboxylic acids is 1. The quantitative estimate of drug-likeness (QED) is 0.694. The maximum absolute atomic E-state index is 12.1. The number of ketones is 1. The topological polar surface area (TPSA) is 34.9 Å². The standard InChI is InChI=1S/C12H12N2O/c1-9-5-3-4-6-10(9)12(15)11-7-8-13-14(11)2/h3-8H,1-2H3. The van der Waals surface area contributed by atoms with E-state index in [1.807, 2.05) is 31.2 Å². The molecule has 0 fully saturated rings. The Hall–Kier alpha value is -1.90. The smallest absolute Gasteiger partial charge is 0.211 e. The van der Waals surface area contributed by atoms with E-state index in [9.17, 15) is 4.79 Å². The summed E-state index contributed by atoms with van der Waals surface area (Å²) in [5.41, 5.74) is 2.34. The van der Waals surface area contributed by atoms with E-state index in [0.29, 0.717) is 5.69 Å². The zero-order valence-corrected chi connectivity index (χ0v) is 8.77. The van der Waals surface area contributed by atoms with Crippen molar-refractivity contribution in [2.24, 2.45) is 7.05 Å². The minimum absolute atomic E-state index is 0.0214. The molecule has 3 heteroatoms. The van der Waals surface area contributed by atoms with Crippen molar-refractivity contribution in [1.29, 1.82) is 0 Å². The van der Waals surface area contributed by atoms with Crippen LogP contribution in [-0.2, 0) is 7.05 Å². The normalized spacial score (nSPS) is 10.3. The third-order valence-electron chi connectivity index (χ3n) is 2.44. The van der Waals surface area contributed by atoms with Crippen molar-refractivity contribution in [3.63, 3.8) is 0 Å². The van der Waals surface area contributed by atoms with E-state index in [1.54, 1.807) is 24.0 Å². The van der Waals surface area contributed by atoms with Gasteiger partial charge in [-0.2, -0.15) is 5.10 Å². The molecule has 0 spiro atoms. The van der Waals surface area contributed by atoms with Crippen molar-refractivity contribution < 1.29 is 4.79 Å². The zero-order valence-electron chi connectivity index (χ0n) is 8.77. The summed E-state index contributed by atoms with van der Waals surface area (Å²) in [5, 5.41) is 3.99. The molecule has 1 heterocycles. The highest BCUT2D eigenvalue weighted by Crippen LogP contribution is 2.12. The fourth-order valence-corrected chi connectivity index (χ4v) is 1.56. The number of carbonyl (C=O) groups is 1. The number of benzene rings is 1. The van der Waals surface area contributed by atoms with E-state index in [0.717, 1.165) is 11.1 Å². The Bertz CT molecular complexity index is 500. The summed E-state index contributed by atoms with van der Waals surface area (Å²) < 4.78 is 1.59. The van der Waals surface area contributed by atoms with Crippen LogP contribution in [0.1, 0.15) is 21.6 Å². The minimum Gasteiger partial charge on any atom is -0.287 e. The maximum atomic E-state index is 12.1. The van der Waals surface area contributed by atoms with Crippen molar-refractivity contribution >= 4 is 5.78 Å². The maximum Gasteiger partial charge on any atom is 0.211 e. The molecule has 15 heavy (non-hydrogen) atoms. The Morgan fingerprint density at radius 1 is 1.27 bits per heavy atom. The lowest BCUT2D eigenvalue weighted by Crippen LogP contribution is -2.09. The largest absolute Gasteiger partial charge is 0.287 e. The fraction of sp³-hybridized carbons (Fsp3) is 0.167. The van der Waals surface area contributed by atoms with Gasteiger partial charge in [-0.15, -0.1) is 0 Å². The Morgan fingerprint density at radius 3 is 2.60 bits per heavy atom. The second kappa shape index (κ2) is 3.69. The summed E-state index contributed by atoms with van der Waals surface area (Å²) in [6.07, 6.45) is 1.63. The molecule has 0 saturated carbocycles. The molecule has 3 nitrogen and oxygen atoms in total. The molecule has 1 aromatic heterocycles. The van der Waals surface area contributed by atoms with Crippen LogP contribution in [0, 0.1) is 6.92 Å². The van der Waals surface area contributed by atoms with Crippen molar-refractivity contribution in [1.82, 2.24) is 9.78 Å². The third kappa shape index (κ3) is 1.68. The molecular weight excluding hydrogens is 188 g/mol. The van der Waals surface area contributed by atoms with Gasteiger partial charge in [-0.25, -0.2) is 0 Å². The van der Waals surface area contributed by atoms with Gasteiger partial charge >= 0.3 is 0 Å². The highest BCUT2D eigenvalue weighted by atomic mass is 16.1. The molecule has 0 N–H and O–H groups in total. The van der Waals surface area contributed by atoms with Crippen LogP contribution in [0.25, 0.3) is 0 Å². The molecule has 0 aliphatic heterocycles. The molecule has 1 aromatic carbocycles. The molecule has 0 unspecified atom stereocenters. The van der Waals surface area contributed by atoms with E-state index in [1.165, 1.54) is 0 Å². The lowest BCUT2D eigenvalue weighted by Gasteiger charge is -2.04. The van der Waals surface area contributed by atoms with Gasteiger partial charge in [-0.3, -0.25) is 9.48 Å². The minimum atomic E-state index is 0.0214. The van der Waals surface area contributed by atoms with Gasteiger partial charge in [0.25, 0.3) is 0 Å². The van der Waals surface area contributed by atoms with E-state index in [4.69, 9.17) is 0 Å². The van der Waals surface area contributed by atoms with Gasteiger partial charge in [0, 0.05) is 18.8 Å². The lowest BCUT2D eigenvalue weighted by atomic mass is 10.0. The van der Waals surface area contributed by atoms with Crippen LogP contribution >= 0.6 is 0 Å². The fourth-order valence-electron chi connectivity index (χ4n) is 1.56. The van der Waals surface area contributed by atoms with Crippen LogP contribution in [0.5, 0.6) is 0 Å². The number of hydrogen-bond donors (Lipinski definition) is 0. The SMILES string of the molecule is Cc1ccccc1C(=O)c1ccnn1C. The van der Waals surface area contributed by atoms with Gasteiger partial charge in [0.1, 0.15) is 5.69 Å². The Labute approximate surface area is 88.4 Å². The zero-order chi connectivity index (χ0) is 10.8. The van der Waals surface area contributed by atoms with E-state index >= 15 is 0 Å². The molecule has 2 rings (SSSR count). The summed E-state index contributed by atoms with van der Waals surface area (Å²) in [4.78, 5) is 12.1. The lowest BCUT2D eigenvalue weighted by molar-refractivity contribution is 0.102. The van der Waals surface area contributed by atoms with Gasteiger partial charge in [-0.1, -0.05) is 24.3 Å². The van der Waals surface area contributed by atoms with Crippen LogP contribution in [0.2, 0.25) is 0 Å². The van der Waals surface area contributed by atoms with Gasteiger partial charge in [0.15, 0.2) is 0 Å². The predicted octanol–water partition coefficient (Wildman–Crippen LogP) is 1.96. The second-order valence-electron chi connectivity index (χ2n) is 3.48. The number of hydrogen-bond acceptors (Lipinski definition) is 2. The first-order chi connectivity index (χ1) is 7.20. The average molecular weight is 200 g/mol. The van der Waals surface area contributed by atoms with Crippen molar-refractivity contribution in [2.75, 3.05) is 0 Å². The second-order valence-corrected chi connectivity index (χ2v) is 3.48.